The molecule has 0 amide bonds. The van der Waals surface area contributed by atoms with Gasteiger partial charge in [0, 0.05) is 12.8 Å². The molecule has 0 aliphatic carbocycles. The lowest BCUT2D eigenvalue weighted by molar-refractivity contribution is 0.769. The Hall–Kier alpha value is -0.530. The summed E-state index contributed by atoms with van der Waals surface area (Å²) >= 11 is 0. The van der Waals surface area contributed by atoms with Crippen LogP contribution < -0.4 is 5.43 Å². The summed E-state index contributed by atoms with van der Waals surface area (Å²) in [6.45, 7) is 7.13. The first-order valence-electron chi connectivity index (χ1n) is 3.03. The van der Waals surface area contributed by atoms with E-state index in [1.807, 2.05) is 13.1 Å². The number of nitrogens with zero attached hydrogens (tertiary/aromatic N) is 1. The molecule has 0 fully saturated rings. The van der Waals surface area contributed by atoms with Gasteiger partial charge in [-0.1, -0.05) is 13.8 Å². The molecule has 0 saturated carbocycles. The summed E-state index contributed by atoms with van der Waals surface area (Å²) in [5.41, 5.74) is 2.85. The fraction of sp³-hybridized carbons (Fsp3) is 0.833. The van der Waals surface area contributed by atoms with Gasteiger partial charge < -0.3 is 5.43 Å². The van der Waals surface area contributed by atoms with Crippen molar-refractivity contribution in [2.24, 2.45) is 11.0 Å². The molecule has 0 saturated heterocycles. The van der Waals surface area contributed by atoms with E-state index in [1.165, 1.54) is 0 Å². The topological polar surface area (TPSA) is 24.4 Å². The molecular weight excluding hydrogens is 100 g/mol. The number of nitrogens with one attached hydrogen (secondary N) is 1. The van der Waals surface area contributed by atoms with Gasteiger partial charge in [-0.25, -0.2) is 0 Å². The lowest BCUT2D eigenvalue weighted by Gasteiger charge is -1.93. The molecule has 1 N–H and O–H groups in total. The largest absolute Gasteiger partial charge is 0.311 e. The zero-order valence-corrected chi connectivity index (χ0v) is 5.81. The van der Waals surface area contributed by atoms with Gasteiger partial charge in [-0.05, 0) is 12.8 Å². The molecule has 2 heteroatoms. The van der Waals surface area contributed by atoms with Crippen LogP contribution in [-0.4, -0.2) is 12.8 Å². The minimum Gasteiger partial charge on any atom is -0.311 e. The zero-order chi connectivity index (χ0) is 6.41. The van der Waals surface area contributed by atoms with E-state index in [4.69, 9.17) is 0 Å². The maximum atomic E-state index is 3.91. The van der Waals surface area contributed by atoms with E-state index in [1.54, 1.807) is 0 Å². The van der Waals surface area contributed by atoms with E-state index in [9.17, 15) is 0 Å². The van der Waals surface area contributed by atoms with Crippen molar-refractivity contribution in [2.45, 2.75) is 20.8 Å². The summed E-state index contributed by atoms with van der Waals surface area (Å²) in [6, 6.07) is 0. The van der Waals surface area contributed by atoms with Gasteiger partial charge in [0.15, 0.2) is 0 Å². The second-order valence-electron chi connectivity index (χ2n) is 2.03. The minimum absolute atomic E-state index is 0.550. The van der Waals surface area contributed by atoms with Crippen LogP contribution in [0.15, 0.2) is 5.10 Å². The van der Waals surface area contributed by atoms with Crippen molar-refractivity contribution in [3.63, 3.8) is 0 Å². The Morgan fingerprint density at radius 2 is 2.25 bits per heavy atom. The Morgan fingerprint density at radius 1 is 1.62 bits per heavy atom. The Morgan fingerprint density at radius 3 is 2.62 bits per heavy atom. The minimum atomic E-state index is 0.550. The number of hydrogen-bond donors (Lipinski definition) is 1. The highest BCUT2D eigenvalue weighted by Gasteiger charge is 1.80. The van der Waals surface area contributed by atoms with Crippen LogP contribution >= 0.6 is 0 Å². The molecule has 0 rings (SSSR count). The fourth-order valence-corrected chi connectivity index (χ4v) is 0.293. The second kappa shape index (κ2) is 4.62. The van der Waals surface area contributed by atoms with Gasteiger partial charge in [0.1, 0.15) is 0 Å². The SMILES string of the molecule is CCN/N=C\C(C)C. The van der Waals surface area contributed by atoms with Crippen LogP contribution in [0.3, 0.4) is 0 Å². The van der Waals surface area contributed by atoms with Gasteiger partial charge in [0.25, 0.3) is 0 Å². The van der Waals surface area contributed by atoms with E-state index >= 15 is 0 Å². The van der Waals surface area contributed by atoms with Gasteiger partial charge in [-0.2, -0.15) is 5.10 Å². The predicted octanol–water partition coefficient (Wildman–Crippen LogP) is 1.24. The van der Waals surface area contributed by atoms with Crippen molar-refractivity contribution < 1.29 is 0 Å². The third-order valence-corrected chi connectivity index (χ3v) is 0.622. The van der Waals surface area contributed by atoms with Crippen LogP contribution in [0.5, 0.6) is 0 Å². The normalized spacial score (nSPS) is 11.0. The standard InChI is InChI=1S/C6H14N2/c1-4-7-8-5-6(2)3/h5-7H,4H2,1-3H3/b8-5-. The van der Waals surface area contributed by atoms with Crippen molar-refractivity contribution in [3.05, 3.63) is 0 Å². The zero-order valence-electron chi connectivity index (χ0n) is 5.81. The molecule has 0 aromatic carbocycles. The first-order valence-corrected chi connectivity index (χ1v) is 3.03. The lowest BCUT2D eigenvalue weighted by atomic mass is 10.3. The first kappa shape index (κ1) is 7.47. The predicted molar refractivity (Wildman–Crippen MR) is 37.0 cm³/mol. The number of rotatable bonds is 3. The van der Waals surface area contributed by atoms with E-state index in [0.29, 0.717) is 5.92 Å². The molecule has 0 heterocycles. The highest BCUT2D eigenvalue weighted by Crippen LogP contribution is 1.82. The van der Waals surface area contributed by atoms with Crippen molar-refractivity contribution in [2.75, 3.05) is 6.54 Å². The fourth-order valence-electron chi connectivity index (χ4n) is 0.293. The Labute approximate surface area is 51.0 Å². The number of hydrogen-bond acceptors (Lipinski definition) is 2. The quantitative estimate of drug-likeness (QED) is 0.433. The molecule has 0 bridgehead atoms. The Balaban J connectivity index is 3.07. The molecule has 0 aromatic rings. The van der Waals surface area contributed by atoms with E-state index in [-0.39, 0.29) is 0 Å². The summed E-state index contributed by atoms with van der Waals surface area (Å²) < 4.78 is 0. The summed E-state index contributed by atoms with van der Waals surface area (Å²) in [5.74, 6) is 0.550. The number of hydrazone groups is 1. The van der Waals surface area contributed by atoms with E-state index in [0.717, 1.165) is 6.54 Å². The van der Waals surface area contributed by atoms with Crippen LogP contribution in [0, 0.1) is 5.92 Å². The van der Waals surface area contributed by atoms with E-state index < -0.39 is 0 Å². The van der Waals surface area contributed by atoms with Crippen molar-refractivity contribution in [1.29, 1.82) is 0 Å². The third kappa shape index (κ3) is 5.47. The van der Waals surface area contributed by atoms with Crippen LogP contribution in [0.2, 0.25) is 0 Å². The summed E-state index contributed by atoms with van der Waals surface area (Å²) in [5, 5.41) is 3.91. The van der Waals surface area contributed by atoms with Crippen LogP contribution in [0.25, 0.3) is 0 Å². The van der Waals surface area contributed by atoms with Crippen LogP contribution in [0.1, 0.15) is 20.8 Å². The van der Waals surface area contributed by atoms with Crippen LogP contribution in [0.4, 0.5) is 0 Å². The van der Waals surface area contributed by atoms with Gasteiger partial charge in [-0.15, -0.1) is 0 Å². The van der Waals surface area contributed by atoms with Crippen molar-refractivity contribution >= 4 is 6.21 Å². The lowest BCUT2D eigenvalue weighted by Crippen LogP contribution is -2.04. The highest BCUT2D eigenvalue weighted by molar-refractivity contribution is 5.58. The average Bonchev–Trinajstić information content (AvgIpc) is 1.66. The van der Waals surface area contributed by atoms with Crippen molar-refractivity contribution in [3.8, 4) is 0 Å². The molecule has 0 radical (unpaired) electrons. The third-order valence-electron chi connectivity index (χ3n) is 0.622. The van der Waals surface area contributed by atoms with Crippen LogP contribution in [-0.2, 0) is 0 Å². The highest BCUT2D eigenvalue weighted by atomic mass is 15.3. The maximum absolute atomic E-state index is 3.91. The molecular formula is C6H14N2. The monoisotopic (exact) mass is 114 g/mol. The molecule has 0 aliphatic heterocycles. The van der Waals surface area contributed by atoms with Gasteiger partial charge >= 0.3 is 0 Å². The maximum Gasteiger partial charge on any atom is 0.0301 e. The molecule has 8 heavy (non-hydrogen) atoms. The Bertz CT molecular complexity index is 66.9. The molecule has 48 valence electrons. The molecule has 0 spiro atoms. The molecule has 0 unspecified atom stereocenters. The summed E-state index contributed by atoms with van der Waals surface area (Å²) in [4.78, 5) is 0. The average molecular weight is 114 g/mol. The smallest absolute Gasteiger partial charge is 0.0301 e. The summed E-state index contributed by atoms with van der Waals surface area (Å²) in [7, 11) is 0. The Kier molecular flexibility index (Phi) is 4.32. The molecule has 2 nitrogen and oxygen atoms in total. The molecule has 0 aliphatic rings. The second-order valence-corrected chi connectivity index (χ2v) is 2.03. The molecule has 0 atom stereocenters. The van der Waals surface area contributed by atoms with Gasteiger partial charge in [0.2, 0.25) is 0 Å². The molecule has 0 aromatic heterocycles. The summed E-state index contributed by atoms with van der Waals surface area (Å²) in [6.07, 6.45) is 1.89. The van der Waals surface area contributed by atoms with E-state index in [2.05, 4.69) is 24.4 Å². The first-order chi connectivity index (χ1) is 3.77. The van der Waals surface area contributed by atoms with Gasteiger partial charge in [-0.3, -0.25) is 0 Å². The van der Waals surface area contributed by atoms with Gasteiger partial charge in [0.05, 0.1) is 0 Å². The van der Waals surface area contributed by atoms with Crippen molar-refractivity contribution in [1.82, 2.24) is 5.43 Å².